The van der Waals surface area contributed by atoms with Crippen LogP contribution in [0.4, 0.5) is 5.69 Å². The maximum atomic E-state index is 11.2. The summed E-state index contributed by atoms with van der Waals surface area (Å²) in [5, 5.41) is 0. The molecule has 0 amide bonds. The number of hydrogen-bond acceptors (Lipinski definition) is 3. The van der Waals surface area contributed by atoms with E-state index in [1.165, 1.54) is 16.8 Å². The molecule has 0 N–H and O–H groups in total. The summed E-state index contributed by atoms with van der Waals surface area (Å²) in [6.45, 7) is 7.60. The van der Waals surface area contributed by atoms with Crippen molar-refractivity contribution in [3.63, 3.8) is 0 Å². The first-order valence-corrected chi connectivity index (χ1v) is 7.48. The molecule has 0 atom stereocenters. The van der Waals surface area contributed by atoms with Crippen LogP contribution in [-0.2, 0) is 9.53 Å². The number of anilines is 1. The van der Waals surface area contributed by atoms with Crippen LogP contribution in [0, 0.1) is 13.8 Å². The van der Waals surface area contributed by atoms with Crippen molar-refractivity contribution < 1.29 is 9.53 Å². The van der Waals surface area contributed by atoms with E-state index in [0.717, 1.165) is 25.8 Å². The molecule has 1 rings (SSSR count). The minimum absolute atomic E-state index is 0.0739. The summed E-state index contributed by atoms with van der Waals surface area (Å²) in [6.07, 6.45) is 3.62. The Morgan fingerprint density at radius 1 is 1.10 bits per heavy atom. The zero-order valence-electron chi connectivity index (χ0n) is 13.2. The Hall–Kier alpha value is -1.51. The minimum atomic E-state index is -0.0739. The van der Waals surface area contributed by atoms with Gasteiger partial charge >= 0.3 is 5.97 Å². The Balaban J connectivity index is 2.26. The molecule has 3 heteroatoms. The molecule has 0 aliphatic rings. The first-order chi connectivity index (χ1) is 9.52. The fraction of sp³-hybridized carbons (Fsp3) is 0.588. The average Bonchev–Trinajstić information content (AvgIpc) is 2.37. The summed E-state index contributed by atoms with van der Waals surface area (Å²) in [4.78, 5) is 13.5. The Labute approximate surface area is 122 Å². The van der Waals surface area contributed by atoms with Crippen LogP contribution in [0.1, 0.15) is 43.7 Å². The van der Waals surface area contributed by atoms with Gasteiger partial charge in [-0.05, 0) is 56.9 Å². The number of hydrogen-bond donors (Lipinski definition) is 0. The molecule has 0 aliphatic carbocycles. The van der Waals surface area contributed by atoms with Crippen LogP contribution in [0.3, 0.4) is 0 Å². The molecule has 0 heterocycles. The molecule has 1 aromatic carbocycles. The van der Waals surface area contributed by atoms with Crippen LogP contribution in [0.15, 0.2) is 18.2 Å². The lowest BCUT2D eigenvalue weighted by Gasteiger charge is -2.20. The number of aryl methyl sites for hydroxylation is 2. The van der Waals surface area contributed by atoms with Gasteiger partial charge in [0.1, 0.15) is 0 Å². The number of carbonyl (C=O) groups excluding carboxylic acids is 1. The van der Waals surface area contributed by atoms with Gasteiger partial charge in [0, 0.05) is 25.7 Å². The number of nitrogens with zero attached hydrogens (tertiary/aromatic N) is 1. The van der Waals surface area contributed by atoms with Crippen LogP contribution in [0.25, 0.3) is 0 Å². The molecule has 0 spiro atoms. The largest absolute Gasteiger partial charge is 0.466 e. The normalized spacial score (nSPS) is 10.4. The molecule has 0 unspecified atom stereocenters. The molecule has 3 nitrogen and oxygen atoms in total. The van der Waals surface area contributed by atoms with E-state index in [9.17, 15) is 4.79 Å². The third kappa shape index (κ3) is 6.09. The van der Waals surface area contributed by atoms with E-state index in [0.29, 0.717) is 13.0 Å². The first kappa shape index (κ1) is 16.5. The van der Waals surface area contributed by atoms with Crippen molar-refractivity contribution >= 4 is 11.7 Å². The van der Waals surface area contributed by atoms with Gasteiger partial charge in [0.25, 0.3) is 0 Å². The maximum Gasteiger partial charge on any atom is 0.305 e. The molecule has 0 saturated carbocycles. The molecule has 112 valence electrons. The van der Waals surface area contributed by atoms with Gasteiger partial charge in [0.2, 0.25) is 0 Å². The van der Waals surface area contributed by atoms with Gasteiger partial charge in [-0.1, -0.05) is 12.5 Å². The summed E-state index contributed by atoms with van der Waals surface area (Å²) in [5.41, 5.74) is 3.87. The monoisotopic (exact) mass is 277 g/mol. The highest BCUT2D eigenvalue weighted by Gasteiger charge is 2.04. The summed E-state index contributed by atoms with van der Waals surface area (Å²) < 4.78 is 4.92. The number of unbranched alkanes of at least 4 members (excludes halogenated alkanes) is 2. The standard InChI is InChI=1S/C17H27NO2/c1-5-20-17(19)9-7-6-8-10-18(4)16-12-14(2)11-15(3)13-16/h11-13H,5-10H2,1-4H3. The van der Waals surface area contributed by atoms with Gasteiger partial charge < -0.3 is 9.64 Å². The van der Waals surface area contributed by atoms with Gasteiger partial charge in [-0.25, -0.2) is 0 Å². The van der Waals surface area contributed by atoms with Gasteiger partial charge in [-0.15, -0.1) is 0 Å². The average molecular weight is 277 g/mol. The lowest BCUT2D eigenvalue weighted by molar-refractivity contribution is -0.143. The third-order valence-electron chi connectivity index (χ3n) is 3.33. The number of esters is 1. The zero-order valence-corrected chi connectivity index (χ0v) is 13.2. The molecule has 0 aliphatic heterocycles. The van der Waals surface area contributed by atoms with E-state index in [-0.39, 0.29) is 5.97 Å². The number of ether oxygens (including phenoxy) is 1. The van der Waals surface area contributed by atoms with Crippen molar-refractivity contribution in [3.05, 3.63) is 29.3 Å². The second kappa shape index (κ2) is 8.62. The Morgan fingerprint density at radius 3 is 2.35 bits per heavy atom. The topological polar surface area (TPSA) is 29.5 Å². The van der Waals surface area contributed by atoms with Crippen molar-refractivity contribution in [1.82, 2.24) is 0 Å². The van der Waals surface area contributed by atoms with Gasteiger partial charge in [0.05, 0.1) is 6.61 Å². The van der Waals surface area contributed by atoms with E-state index in [2.05, 4.69) is 44.0 Å². The van der Waals surface area contributed by atoms with Crippen molar-refractivity contribution in [2.45, 2.75) is 46.5 Å². The first-order valence-electron chi connectivity index (χ1n) is 7.48. The second-order valence-corrected chi connectivity index (χ2v) is 5.38. The highest BCUT2D eigenvalue weighted by molar-refractivity contribution is 5.69. The summed E-state index contributed by atoms with van der Waals surface area (Å²) in [5.74, 6) is -0.0739. The van der Waals surface area contributed by atoms with E-state index in [1.54, 1.807) is 0 Å². The quantitative estimate of drug-likeness (QED) is 0.534. The van der Waals surface area contributed by atoms with Crippen LogP contribution < -0.4 is 4.90 Å². The zero-order chi connectivity index (χ0) is 15.0. The van der Waals surface area contributed by atoms with Gasteiger partial charge in [0.15, 0.2) is 0 Å². The molecule has 0 bridgehead atoms. The number of rotatable bonds is 8. The number of benzene rings is 1. The van der Waals surface area contributed by atoms with E-state index >= 15 is 0 Å². The molecular weight excluding hydrogens is 250 g/mol. The fourth-order valence-electron chi connectivity index (χ4n) is 2.33. The fourth-order valence-corrected chi connectivity index (χ4v) is 2.33. The predicted molar refractivity (Wildman–Crippen MR) is 84.3 cm³/mol. The van der Waals surface area contributed by atoms with Crippen LogP contribution in [0.5, 0.6) is 0 Å². The lowest BCUT2D eigenvalue weighted by atomic mass is 10.1. The van der Waals surface area contributed by atoms with Crippen molar-refractivity contribution in [1.29, 1.82) is 0 Å². The van der Waals surface area contributed by atoms with Crippen LogP contribution >= 0.6 is 0 Å². The molecule has 1 aromatic rings. The molecule has 0 aromatic heterocycles. The van der Waals surface area contributed by atoms with E-state index in [1.807, 2.05) is 6.92 Å². The Kier molecular flexibility index (Phi) is 7.13. The highest BCUT2D eigenvalue weighted by atomic mass is 16.5. The third-order valence-corrected chi connectivity index (χ3v) is 3.33. The van der Waals surface area contributed by atoms with Crippen molar-refractivity contribution in [2.75, 3.05) is 25.1 Å². The summed E-state index contributed by atoms with van der Waals surface area (Å²) in [7, 11) is 2.12. The van der Waals surface area contributed by atoms with Gasteiger partial charge in [-0.2, -0.15) is 0 Å². The molecule has 0 radical (unpaired) electrons. The predicted octanol–water partition coefficient (Wildman–Crippen LogP) is 3.86. The van der Waals surface area contributed by atoms with Crippen molar-refractivity contribution in [2.24, 2.45) is 0 Å². The summed E-state index contributed by atoms with van der Waals surface area (Å²) >= 11 is 0. The van der Waals surface area contributed by atoms with E-state index in [4.69, 9.17) is 4.74 Å². The Bertz CT molecular complexity index is 409. The van der Waals surface area contributed by atoms with Gasteiger partial charge in [-0.3, -0.25) is 4.79 Å². The SMILES string of the molecule is CCOC(=O)CCCCCN(C)c1cc(C)cc(C)c1. The summed E-state index contributed by atoms with van der Waals surface area (Å²) in [6, 6.07) is 6.62. The lowest BCUT2D eigenvalue weighted by Crippen LogP contribution is -2.18. The van der Waals surface area contributed by atoms with Crippen LogP contribution in [0.2, 0.25) is 0 Å². The number of carbonyl (C=O) groups is 1. The maximum absolute atomic E-state index is 11.2. The minimum Gasteiger partial charge on any atom is -0.466 e. The second-order valence-electron chi connectivity index (χ2n) is 5.38. The molecule has 20 heavy (non-hydrogen) atoms. The van der Waals surface area contributed by atoms with Crippen molar-refractivity contribution in [3.8, 4) is 0 Å². The molecule has 0 fully saturated rings. The smallest absolute Gasteiger partial charge is 0.305 e. The Morgan fingerprint density at radius 2 is 1.75 bits per heavy atom. The molecule has 0 saturated heterocycles. The highest BCUT2D eigenvalue weighted by Crippen LogP contribution is 2.18. The van der Waals surface area contributed by atoms with E-state index < -0.39 is 0 Å². The molecular formula is C17H27NO2. The van der Waals surface area contributed by atoms with Crippen LogP contribution in [-0.4, -0.2) is 26.2 Å².